The van der Waals surface area contributed by atoms with E-state index in [9.17, 15) is 5.26 Å². The van der Waals surface area contributed by atoms with Crippen LogP contribution in [0.5, 0.6) is 0 Å². The van der Waals surface area contributed by atoms with Gasteiger partial charge in [0.2, 0.25) is 0 Å². The monoisotopic (exact) mass is 661 g/mol. The Morgan fingerprint density at radius 3 is 1.37 bits per heavy atom. The summed E-state index contributed by atoms with van der Waals surface area (Å²) in [4.78, 5) is 0. The molecule has 0 radical (unpaired) electrons. The van der Waals surface area contributed by atoms with E-state index in [-0.39, 0.29) is 0 Å². The molecule has 242 valence electrons. The van der Waals surface area contributed by atoms with E-state index in [1.807, 2.05) is 30.3 Å². The van der Waals surface area contributed by atoms with Crippen molar-refractivity contribution in [3.8, 4) is 50.8 Å². The molecule has 0 aliphatic rings. The van der Waals surface area contributed by atoms with Gasteiger partial charge in [0.25, 0.3) is 0 Å². The molecular weight excluding hydrogens is 631 g/mol. The molecule has 0 atom stereocenters. The van der Waals surface area contributed by atoms with Crippen LogP contribution in [0, 0.1) is 11.3 Å². The van der Waals surface area contributed by atoms with Crippen LogP contribution in [0.1, 0.15) is 5.56 Å². The molecule has 0 fully saturated rings. The summed E-state index contributed by atoms with van der Waals surface area (Å²) in [6, 6.07) is 69.2. The van der Waals surface area contributed by atoms with Crippen molar-refractivity contribution < 1.29 is 0 Å². The summed E-state index contributed by atoms with van der Waals surface area (Å²) in [5.74, 6) is 0. The Bertz CT molecular complexity index is 3010. The topological polar surface area (TPSA) is 33.6 Å². The maximum atomic E-state index is 10.1. The van der Waals surface area contributed by atoms with E-state index in [4.69, 9.17) is 0 Å². The lowest BCUT2D eigenvalue weighted by molar-refractivity contribution is 1.18. The predicted octanol–water partition coefficient (Wildman–Crippen LogP) is 12.8. The molecule has 0 N–H and O–H groups in total. The van der Waals surface area contributed by atoms with Crippen LogP contribution in [0.25, 0.3) is 88.4 Å². The number of benzene rings is 8. The molecular formula is C49H31N3. The zero-order valence-corrected chi connectivity index (χ0v) is 28.2. The van der Waals surface area contributed by atoms with Crippen molar-refractivity contribution in [3.05, 3.63) is 194 Å². The summed E-state index contributed by atoms with van der Waals surface area (Å²) in [5, 5.41) is 14.8. The number of nitriles is 1. The van der Waals surface area contributed by atoms with E-state index in [2.05, 4.69) is 173 Å². The number of fused-ring (bicyclic) bond motifs is 6. The third kappa shape index (κ3) is 4.74. The molecule has 0 amide bonds. The van der Waals surface area contributed by atoms with E-state index in [0.29, 0.717) is 5.56 Å². The Hall–Kier alpha value is -7.15. The van der Waals surface area contributed by atoms with Gasteiger partial charge in [-0.15, -0.1) is 0 Å². The number of rotatable bonds is 5. The van der Waals surface area contributed by atoms with Crippen molar-refractivity contribution in [2.24, 2.45) is 0 Å². The van der Waals surface area contributed by atoms with E-state index < -0.39 is 0 Å². The second-order valence-electron chi connectivity index (χ2n) is 13.3. The van der Waals surface area contributed by atoms with Crippen LogP contribution in [-0.4, -0.2) is 9.13 Å². The molecule has 0 aliphatic heterocycles. The molecule has 52 heavy (non-hydrogen) atoms. The first-order valence-corrected chi connectivity index (χ1v) is 17.6. The fourth-order valence-electron chi connectivity index (χ4n) is 7.95. The van der Waals surface area contributed by atoms with Crippen molar-refractivity contribution in [2.45, 2.75) is 0 Å². The van der Waals surface area contributed by atoms with Gasteiger partial charge >= 0.3 is 0 Å². The maximum absolute atomic E-state index is 10.1. The Kier molecular flexibility index (Phi) is 6.87. The Morgan fingerprint density at radius 1 is 0.327 bits per heavy atom. The Morgan fingerprint density at radius 2 is 0.769 bits per heavy atom. The summed E-state index contributed by atoms with van der Waals surface area (Å²) >= 11 is 0. The van der Waals surface area contributed by atoms with Gasteiger partial charge in [0.1, 0.15) is 6.07 Å². The smallest absolute Gasteiger partial charge is 0.101 e. The quantitative estimate of drug-likeness (QED) is 0.181. The number of hydrogen-bond donors (Lipinski definition) is 0. The number of aromatic nitrogens is 2. The molecule has 3 nitrogen and oxygen atoms in total. The van der Waals surface area contributed by atoms with Gasteiger partial charge in [-0.1, -0.05) is 115 Å². The summed E-state index contributed by atoms with van der Waals surface area (Å²) in [6.07, 6.45) is 0. The zero-order valence-electron chi connectivity index (χ0n) is 28.2. The molecule has 8 aromatic carbocycles. The lowest BCUT2D eigenvalue weighted by atomic mass is 9.95. The zero-order chi connectivity index (χ0) is 34.6. The predicted molar refractivity (Wildman–Crippen MR) is 216 cm³/mol. The van der Waals surface area contributed by atoms with Gasteiger partial charge in [-0.2, -0.15) is 5.26 Å². The van der Waals surface area contributed by atoms with Crippen LogP contribution < -0.4 is 0 Å². The van der Waals surface area contributed by atoms with Crippen LogP contribution in [0.3, 0.4) is 0 Å². The normalized spacial score (nSPS) is 11.4. The first kappa shape index (κ1) is 29.7. The van der Waals surface area contributed by atoms with Gasteiger partial charge in [0.05, 0.1) is 27.6 Å². The maximum Gasteiger partial charge on any atom is 0.101 e. The molecule has 0 bridgehead atoms. The second kappa shape index (κ2) is 12.0. The van der Waals surface area contributed by atoms with Crippen molar-refractivity contribution in [1.29, 1.82) is 5.26 Å². The standard InChI is InChI=1S/C49H31N3/c50-32-39-16-11-22-43-45-31-38(25-27-48(45)52(49(39)43)41-19-5-2-6-20-41)36-15-10-13-34(29-36)33-12-9-14-35(28-33)37-24-26-47-44(30-37)42-21-7-8-23-46(42)51(47)40-17-3-1-4-18-40/h1-31H. The number of para-hydroxylation sites is 4. The number of hydrogen-bond acceptors (Lipinski definition) is 1. The summed E-state index contributed by atoms with van der Waals surface area (Å²) < 4.78 is 4.57. The first-order chi connectivity index (χ1) is 25.7. The van der Waals surface area contributed by atoms with Crippen LogP contribution in [0.2, 0.25) is 0 Å². The van der Waals surface area contributed by atoms with E-state index in [1.165, 1.54) is 44.1 Å². The molecule has 10 aromatic rings. The highest BCUT2D eigenvalue weighted by Gasteiger charge is 2.17. The molecule has 0 aliphatic carbocycles. The van der Waals surface area contributed by atoms with E-state index in [0.717, 1.165) is 44.3 Å². The summed E-state index contributed by atoms with van der Waals surface area (Å²) in [5.41, 5.74) is 14.3. The highest BCUT2D eigenvalue weighted by molar-refractivity contribution is 6.12. The molecule has 10 rings (SSSR count). The van der Waals surface area contributed by atoms with Gasteiger partial charge in [0.15, 0.2) is 0 Å². The third-order valence-electron chi connectivity index (χ3n) is 10.3. The molecule has 0 spiro atoms. The van der Waals surface area contributed by atoms with Gasteiger partial charge in [-0.25, -0.2) is 0 Å². The lowest BCUT2D eigenvalue weighted by Crippen LogP contribution is -1.95. The average Bonchev–Trinajstić information content (AvgIpc) is 3.74. The minimum absolute atomic E-state index is 0.669. The van der Waals surface area contributed by atoms with Gasteiger partial charge in [-0.05, 0) is 106 Å². The Labute approximate surface area is 301 Å². The molecule has 2 aromatic heterocycles. The fourth-order valence-corrected chi connectivity index (χ4v) is 7.95. The van der Waals surface area contributed by atoms with Crippen LogP contribution >= 0.6 is 0 Å². The van der Waals surface area contributed by atoms with Crippen molar-refractivity contribution >= 4 is 43.6 Å². The number of nitrogens with zero attached hydrogens (tertiary/aromatic N) is 3. The summed E-state index contributed by atoms with van der Waals surface area (Å²) in [7, 11) is 0. The highest BCUT2D eigenvalue weighted by atomic mass is 15.0. The van der Waals surface area contributed by atoms with Crippen LogP contribution in [0.4, 0.5) is 0 Å². The van der Waals surface area contributed by atoms with Gasteiger partial charge in [-0.3, -0.25) is 0 Å². The fraction of sp³-hybridized carbons (Fsp3) is 0. The van der Waals surface area contributed by atoms with Crippen molar-refractivity contribution in [3.63, 3.8) is 0 Å². The summed E-state index contributed by atoms with van der Waals surface area (Å²) in [6.45, 7) is 0. The second-order valence-corrected chi connectivity index (χ2v) is 13.3. The van der Waals surface area contributed by atoms with Gasteiger partial charge < -0.3 is 9.13 Å². The minimum Gasteiger partial charge on any atom is -0.309 e. The van der Waals surface area contributed by atoms with Crippen molar-refractivity contribution in [1.82, 2.24) is 9.13 Å². The molecule has 2 heterocycles. The highest BCUT2D eigenvalue weighted by Crippen LogP contribution is 2.39. The van der Waals surface area contributed by atoms with E-state index in [1.54, 1.807) is 0 Å². The van der Waals surface area contributed by atoms with Gasteiger partial charge in [0, 0.05) is 32.9 Å². The SMILES string of the molecule is N#Cc1cccc2c3cc(-c4cccc(-c5cccc(-c6ccc7c(c6)c6ccccc6n7-c6ccccc6)c5)c4)ccc3n(-c3ccccc3)c12. The van der Waals surface area contributed by atoms with E-state index >= 15 is 0 Å². The molecule has 0 saturated carbocycles. The largest absolute Gasteiger partial charge is 0.309 e. The molecule has 0 saturated heterocycles. The molecule has 0 unspecified atom stereocenters. The van der Waals surface area contributed by atoms with Crippen molar-refractivity contribution in [2.75, 3.05) is 0 Å². The Balaban J connectivity index is 1.06. The molecule has 3 heteroatoms. The van der Waals surface area contributed by atoms with Crippen LogP contribution in [0.15, 0.2) is 188 Å². The minimum atomic E-state index is 0.669. The first-order valence-electron chi connectivity index (χ1n) is 17.6. The average molecular weight is 662 g/mol. The third-order valence-corrected chi connectivity index (χ3v) is 10.3. The van der Waals surface area contributed by atoms with Crippen LogP contribution in [-0.2, 0) is 0 Å². The lowest BCUT2D eigenvalue weighted by Gasteiger charge is -2.10.